The molecule has 0 heterocycles. The first-order valence-corrected chi connectivity index (χ1v) is 6.34. The van der Waals surface area contributed by atoms with Crippen LogP contribution in [0.15, 0.2) is 24.3 Å². The van der Waals surface area contributed by atoms with Gasteiger partial charge in [-0.1, -0.05) is 25.1 Å². The fraction of sp³-hybridized carbons (Fsp3) is 0.571. The normalized spacial score (nSPS) is 12.4. The van der Waals surface area contributed by atoms with E-state index in [-0.39, 0.29) is 6.04 Å². The molecule has 0 saturated heterocycles. The molecule has 0 aliphatic heterocycles. The van der Waals surface area contributed by atoms with E-state index in [1.165, 1.54) is 0 Å². The van der Waals surface area contributed by atoms with Crippen LogP contribution in [0.2, 0.25) is 0 Å². The van der Waals surface area contributed by atoms with Gasteiger partial charge in [-0.15, -0.1) is 0 Å². The van der Waals surface area contributed by atoms with Crippen molar-refractivity contribution in [3.63, 3.8) is 0 Å². The molecule has 96 valence electrons. The number of nitrogens with two attached hydrogens (primary N) is 1. The van der Waals surface area contributed by atoms with E-state index in [1.807, 2.05) is 31.2 Å². The van der Waals surface area contributed by atoms with Crippen LogP contribution in [-0.4, -0.2) is 19.8 Å². The number of para-hydroxylation sites is 1. The lowest BCUT2D eigenvalue weighted by molar-refractivity contribution is 0.130. The molecule has 1 aromatic rings. The quantitative estimate of drug-likeness (QED) is 0.707. The summed E-state index contributed by atoms with van der Waals surface area (Å²) < 4.78 is 11.0. The zero-order valence-corrected chi connectivity index (χ0v) is 10.8. The van der Waals surface area contributed by atoms with Crippen molar-refractivity contribution in [2.24, 2.45) is 5.73 Å². The molecule has 0 bridgehead atoms. The molecule has 3 nitrogen and oxygen atoms in total. The number of rotatable bonds is 8. The Bertz CT molecular complexity index is 315. The fourth-order valence-electron chi connectivity index (χ4n) is 1.63. The van der Waals surface area contributed by atoms with Crippen LogP contribution in [0.1, 0.15) is 38.3 Å². The zero-order valence-electron chi connectivity index (χ0n) is 10.8. The van der Waals surface area contributed by atoms with Crippen LogP contribution in [0.3, 0.4) is 0 Å². The van der Waals surface area contributed by atoms with Crippen LogP contribution in [0.4, 0.5) is 0 Å². The Morgan fingerprint density at radius 1 is 1.18 bits per heavy atom. The Kier molecular flexibility index (Phi) is 6.67. The van der Waals surface area contributed by atoms with Gasteiger partial charge in [-0.3, -0.25) is 0 Å². The maximum Gasteiger partial charge on any atom is 0.124 e. The van der Waals surface area contributed by atoms with Crippen molar-refractivity contribution in [2.75, 3.05) is 19.8 Å². The molecule has 0 spiro atoms. The van der Waals surface area contributed by atoms with Crippen LogP contribution >= 0.6 is 0 Å². The third-order valence-corrected chi connectivity index (χ3v) is 2.65. The monoisotopic (exact) mass is 237 g/mol. The summed E-state index contributed by atoms with van der Waals surface area (Å²) in [6.45, 7) is 6.26. The van der Waals surface area contributed by atoms with Crippen LogP contribution in [0.5, 0.6) is 5.75 Å². The van der Waals surface area contributed by atoms with E-state index in [0.717, 1.165) is 37.4 Å². The van der Waals surface area contributed by atoms with E-state index < -0.39 is 0 Å². The Morgan fingerprint density at radius 3 is 2.65 bits per heavy atom. The van der Waals surface area contributed by atoms with Crippen molar-refractivity contribution >= 4 is 0 Å². The van der Waals surface area contributed by atoms with Gasteiger partial charge in [0.2, 0.25) is 0 Å². The molecule has 0 aromatic heterocycles. The molecule has 0 aliphatic rings. The van der Waals surface area contributed by atoms with Gasteiger partial charge in [0.05, 0.1) is 6.61 Å². The minimum absolute atomic E-state index is 0.0538. The van der Waals surface area contributed by atoms with Crippen molar-refractivity contribution in [3.05, 3.63) is 29.8 Å². The SMILES string of the molecule is CCOCCCOc1ccccc1[C@@H](N)CC. The average molecular weight is 237 g/mol. The highest BCUT2D eigenvalue weighted by Gasteiger charge is 2.09. The van der Waals surface area contributed by atoms with Crippen molar-refractivity contribution < 1.29 is 9.47 Å². The second kappa shape index (κ2) is 8.09. The largest absolute Gasteiger partial charge is 0.493 e. The Hall–Kier alpha value is -1.06. The van der Waals surface area contributed by atoms with Gasteiger partial charge >= 0.3 is 0 Å². The predicted molar refractivity (Wildman–Crippen MR) is 70.3 cm³/mol. The number of hydrogen-bond acceptors (Lipinski definition) is 3. The fourth-order valence-corrected chi connectivity index (χ4v) is 1.63. The first-order chi connectivity index (χ1) is 8.29. The molecule has 0 unspecified atom stereocenters. The van der Waals surface area contributed by atoms with Crippen LogP contribution in [-0.2, 0) is 4.74 Å². The van der Waals surface area contributed by atoms with E-state index in [9.17, 15) is 0 Å². The summed E-state index contributed by atoms with van der Waals surface area (Å²) in [5.41, 5.74) is 7.13. The van der Waals surface area contributed by atoms with Crippen molar-refractivity contribution in [2.45, 2.75) is 32.7 Å². The lowest BCUT2D eigenvalue weighted by atomic mass is 10.0. The summed E-state index contributed by atoms with van der Waals surface area (Å²) in [5, 5.41) is 0. The second-order valence-corrected chi connectivity index (χ2v) is 3.95. The standard InChI is InChI=1S/C14H23NO2/c1-3-13(15)12-8-5-6-9-14(12)17-11-7-10-16-4-2/h5-6,8-9,13H,3-4,7,10-11,15H2,1-2H3/t13-/m0/s1. The minimum Gasteiger partial charge on any atom is -0.493 e. The van der Waals surface area contributed by atoms with Gasteiger partial charge in [0.15, 0.2) is 0 Å². The average Bonchev–Trinajstić information content (AvgIpc) is 2.38. The Morgan fingerprint density at radius 2 is 1.94 bits per heavy atom. The highest BCUT2D eigenvalue weighted by Crippen LogP contribution is 2.25. The molecule has 0 amide bonds. The molecule has 17 heavy (non-hydrogen) atoms. The predicted octanol–water partition coefficient (Wildman–Crippen LogP) is 2.90. The smallest absolute Gasteiger partial charge is 0.124 e. The van der Waals surface area contributed by atoms with Crippen LogP contribution < -0.4 is 10.5 Å². The summed E-state index contributed by atoms with van der Waals surface area (Å²) in [5.74, 6) is 0.901. The maximum atomic E-state index is 6.04. The van der Waals surface area contributed by atoms with Gasteiger partial charge in [-0.05, 0) is 19.4 Å². The number of hydrogen-bond donors (Lipinski definition) is 1. The van der Waals surface area contributed by atoms with E-state index in [4.69, 9.17) is 15.2 Å². The zero-order chi connectivity index (χ0) is 12.5. The molecule has 1 aromatic carbocycles. The lowest BCUT2D eigenvalue weighted by Crippen LogP contribution is -2.11. The molecule has 3 heteroatoms. The van der Waals surface area contributed by atoms with E-state index in [1.54, 1.807) is 0 Å². The third kappa shape index (κ3) is 4.75. The molecule has 2 N–H and O–H groups in total. The second-order valence-electron chi connectivity index (χ2n) is 3.95. The maximum absolute atomic E-state index is 6.04. The number of ether oxygens (including phenoxy) is 2. The molecular weight excluding hydrogens is 214 g/mol. The highest BCUT2D eigenvalue weighted by atomic mass is 16.5. The molecule has 1 rings (SSSR count). The summed E-state index contributed by atoms with van der Waals surface area (Å²) in [7, 11) is 0. The van der Waals surface area contributed by atoms with Crippen molar-refractivity contribution in [1.82, 2.24) is 0 Å². The minimum atomic E-state index is 0.0538. The van der Waals surface area contributed by atoms with Gasteiger partial charge < -0.3 is 15.2 Å². The Balaban J connectivity index is 2.46. The summed E-state index contributed by atoms with van der Waals surface area (Å²) >= 11 is 0. The summed E-state index contributed by atoms with van der Waals surface area (Å²) in [6, 6.07) is 8.04. The van der Waals surface area contributed by atoms with E-state index >= 15 is 0 Å². The van der Waals surface area contributed by atoms with Crippen LogP contribution in [0.25, 0.3) is 0 Å². The van der Waals surface area contributed by atoms with Gasteiger partial charge in [0, 0.05) is 31.2 Å². The topological polar surface area (TPSA) is 44.5 Å². The molecular formula is C14H23NO2. The van der Waals surface area contributed by atoms with E-state index in [2.05, 4.69) is 6.92 Å². The van der Waals surface area contributed by atoms with Gasteiger partial charge in [0.1, 0.15) is 5.75 Å². The molecule has 0 fully saturated rings. The summed E-state index contributed by atoms with van der Waals surface area (Å²) in [6.07, 6.45) is 1.82. The first-order valence-electron chi connectivity index (χ1n) is 6.34. The first kappa shape index (κ1) is 14.0. The molecule has 0 aliphatic carbocycles. The molecule has 1 atom stereocenters. The van der Waals surface area contributed by atoms with Gasteiger partial charge in [-0.25, -0.2) is 0 Å². The molecule has 0 saturated carbocycles. The van der Waals surface area contributed by atoms with Gasteiger partial charge in [0.25, 0.3) is 0 Å². The van der Waals surface area contributed by atoms with Crippen molar-refractivity contribution in [1.29, 1.82) is 0 Å². The third-order valence-electron chi connectivity index (χ3n) is 2.65. The van der Waals surface area contributed by atoms with E-state index in [0.29, 0.717) is 6.61 Å². The Labute approximate surface area is 104 Å². The number of benzene rings is 1. The molecule has 0 radical (unpaired) electrons. The van der Waals surface area contributed by atoms with Crippen LogP contribution in [0, 0.1) is 0 Å². The summed E-state index contributed by atoms with van der Waals surface area (Å²) in [4.78, 5) is 0. The lowest BCUT2D eigenvalue weighted by Gasteiger charge is -2.15. The van der Waals surface area contributed by atoms with Crippen molar-refractivity contribution in [3.8, 4) is 5.75 Å². The highest BCUT2D eigenvalue weighted by molar-refractivity contribution is 5.35. The van der Waals surface area contributed by atoms with Gasteiger partial charge in [-0.2, -0.15) is 0 Å².